The van der Waals surface area contributed by atoms with E-state index in [2.05, 4.69) is 4.72 Å². The fraction of sp³-hybridized carbons (Fsp3) is 0.571. The van der Waals surface area contributed by atoms with Crippen LogP contribution in [0.2, 0.25) is 0 Å². The van der Waals surface area contributed by atoms with Crippen molar-refractivity contribution in [2.45, 2.75) is 23.8 Å². The summed E-state index contributed by atoms with van der Waals surface area (Å²) in [5, 5.41) is 0. The highest BCUT2D eigenvalue weighted by Crippen LogP contribution is 2.12. The molecule has 21 heavy (non-hydrogen) atoms. The van der Waals surface area contributed by atoms with E-state index in [1.165, 1.54) is 0 Å². The predicted octanol–water partition coefficient (Wildman–Crippen LogP) is 0.272. The first-order valence-corrected chi connectivity index (χ1v) is 8.58. The Kier molecular flexibility index (Phi) is 6.13. The van der Waals surface area contributed by atoms with Crippen molar-refractivity contribution in [1.29, 1.82) is 0 Å². The molecule has 3 N–H and O–H groups in total. The highest BCUT2D eigenvalue weighted by molar-refractivity contribution is 7.89. The van der Waals surface area contributed by atoms with Gasteiger partial charge in [0.05, 0.1) is 30.8 Å². The molecule has 1 fully saturated rings. The third-order valence-corrected chi connectivity index (χ3v) is 4.73. The van der Waals surface area contributed by atoms with Gasteiger partial charge in [-0.2, -0.15) is 0 Å². The molecule has 0 radical (unpaired) electrons. The lowest BCUT2D eigenvalue weighted by atomic mass is 10.1. The van der Waals surface area contributed by atoms with Gasteiger partial charge >= 0.3 is 0 Å². The van der Waals surface area contributed by atoms with Crippen LogP contribution in [0.1, 0.15) is 12.0 Å². The van der Waals surface area contributed by atoms with E-state index in [-0.39, 0.29) is 17.5 Å². The summed E-state index contributed by atoms with van der Waals surface area (Å²) in [7, 11) is -3.51. The Morgan fingerprint density at radius 2 is 2.00 bits per heavy atom. The van der Waals surface area contributed by atoms with Crippen LogP contribution in [-0.4, -0.2) is 47.4 Å². The van der Waals surface area contributed by atoms with Gasteiger partial charge in [-0.3, -0.25) is 0 Å². The first kappa shape index (κ1) is 16.4. The summed E-state index contributed by atoms with van der Waals surface area (Å²) in [5.41, 5.74) is 6.54. The minimum Gasteiger partial charge on any atom is -0.376 e. The van der Waals surface area contributed by atoms with E-state index < -0.39 is 10.0 Å². The lowest BCUT2D eigenvalue weighted by molar-refractivity contribution is -0.0846. The van der Waals surface area contributed by atoms with E-state index in [1.54, 1.807) is 12.1 Å². The summed E-state index contributed by atoms with van der Waals surface area (Å²) in [6.07, 6.45) is 1.53. The van der Waals surface area contributed by atoms with Gasteiger partial charge in [-0.15, -0.1) is 0 Å². The third-order valence-electron chi connectivity index (χ3n) is 3.29. The van der Waals surface area contributed by atoms with Crippen LogP contribution in [0.15, 0.2) is 29.2 Å². The molecule has 0 aromatic heterocycles. The molecule has 7 heteroatoms. The maximum absolute atomic E-state index is 12.2. The molecule has 1 saturated heterocycles. The SMILES string of the molecule is NCCCc1ccc(S(=O)(=O)NCC2COCCO2)cc1. The largest absolute Gasteiger partial charge is 0.376 e. The maximum Gasteiger partial charge on any atom is 0.240 e. The molecule has 6 nitrogen and oxygen atoms in total. The minimum absolute atomic E-state index is 0.220. The molecule has 1 aliphatic heterocycles. The number of nitrogens with two attached hydrogens (primary N) is 1. The molecule has 118 valence electrons. The van der Waals surface area contributed by atoms with Gasteiger partial charge in [-0.1, -0.05) is 12.1 Å². The van der Waals surface area contributed by atoms with Crippen molar-refractivity contribution in [3.63, 3.8) is 0 Å². The van der Waals surface area contributed by atoms with E-state index in [0.29, 0.717) is 26.4 Å². The normalized spacial score (nSPS) is 19.6. The van der Waals surface area contributed by atoms with Gasteiger partial charge in [0.1, 0.15) is 0 Å². The van der Waals surface area contributed by atoms with Crippen molar-refractivity contribution < 1.29 is 17.9 Å². The summed E-state index contributed by atoms with van der Waals surface area (Å²) < 4.78 is 37.5. The second kappa shape index (κ2) is 7.86. The van der Waals surface area contributed by atoms with Gasteiger partial charge in [-0.25, -0.2) is 13.1 Å². The molecule has 2 rings (SSSR count). The molecule has 0 bridgehead atoms. The molecule has 1 atom stereocenters. The number of hydrogen-bond donors (Lipinski definition) is 2. The topological polar surface area (TPSA) is 90.7 Å². The van der Waals surface area contributed by atoms with Crippen molar-refractivity contribution in [2.75, 3.05) is 32.9 Å². The number of sulfonamides is 1. The Hall–Kier alpha value is -0.990. The molecule has 0 saturated carbocycles. The second-order valence-corrected chi connectivity index (χ2v) is 6.72. The molecule has 1 aliphatic rings. The van der Waals surface area contributed by atoms with E-state index in [9.17, 15) is 8.42 Å². The molecule has 1 aromatic carbocycles. The average Bonchev–Trinajstić information content (AvgIpc) is 2.52. The fourth-order valence-electron chi connectivity index (χ4n) is 2.08. The summed E-state index contributed by atoms with van der Waals surface area (Å²) in [6.45, 7) is 2.33. The zero-order chi connectivity index (χ0) is 15.1. The van der Waals surface area contributed by atoms with Gasteiger partial charge in [0.2, 0.25) is 10.0 Å². The molecule has 0 amide bonds. The molecule has 1 aromatic rings. The highest BCUT2D eigenvalue weighted by atomic mass is 32.2. The highest BCUT2D eigenvalue weighted by Gasteiger charge is 2.19. The van der Waals surface area contributed by atoms with E-state index >= 15 is 0 Å². The molecular weight excluding hydrogens is 292 g/mol. The molecule has 1 unspecified atom stereocenters. The van der Waals surface area contributed by atoms with Crippen molar-refractivity contribution in [3.05, 3.63) is 29.8 Å². The number of hydrogen-bond acceptors (Lipinski definition) is 5. The van der Waals surface area contributed by atoms with Crippen LogP contribution in [0.25, 0.3) is 0 Å². The number of aryl methyl sites for hydroxylation is 1. The number of nitrogens with one attached hydrogen (secondary N) is 1. The van der Waals surface area contributed by atoms with Crippen molar-refractivity contribution in [3.8, 4) is 0 Å². The lowest BCUT2D eigenvalue weighted by Crippen LogP contribution is -2.39. The van der Waals surface area contributed by atoms with Crippen LogP contribution in [0.4, 0.5) is 0 Å². The van der Waals surface area contributed by atoms with E-state index in [0.717, 1.165) is 18.4 Å². The predicted molar refractivity (Wildman–Crippen MR) is 79.6 cm³/mol. The Morgan fingerprint density at radius 3 is 2.62 bits per heavy atom. The summed E-state index contributed by atoms with van der Waals surface area (Å²) in [4.78, 5) is 0.260. The third kappa shape index (κ3) is 5.05. The van der Waals surface area contributed by atoms with Gasteiger partial charge in [0, 0.05) is 6.54 Å². The Morgan fingerprint density at radius 1 is 1.24 bits per heavy atom. The maximum atomic E-state index is 12.2. The van der Waals surface area contributed by atoms with Crippen LogP contribution >= 0.6 is 0 Å². The summed E-state index contributed by atoms with van der Waals surface area (Å²) in [5.74, 6) is 0. The van der Waals surface area contributed by atoms with Gasteiger partial charge in [0.25, 0.3) is 0 Å². The second-order valence-electron chi connectivity index (χ2n) is 4.96. The zero-order valence-electron chi connectivity index (χ0n) is 12.0. The first-order valence-electron chi connectivity index (χ1n) is 7.10. The van der Waals surface area contributed by atoms with Gasteiger partial charge in [0.15, 0.2) is 0 Å². The molecule has 0 spiro atoms. The number of rotatable bonds is 7. The zero-order valence-corrected chi connectivity index (χ0v) is 12.8. The van der Waals surface area contributed by atoms with Crippen molar-refractivity contribution in [1.82, 2.24) is 4.72 Å². The van der Waals surface area contributed by atoms with Crippen LogP contribution in [-0.2, 0) is 25.9 Å². The minimum atomic E-state index is -3.51. The van der Waals surface area contributed by atoms with E-state index in [4.69, 9.17) is 15.2 Å². The standard InChI is InChI=1S/C14H22N2O4S/c15-7-1-2-12-3-5-14(6-4-12)21(17,18)16-10-13-11-19-8-9-20-13/h3-6,13,16H,1-2,7-11,15H2. The summed E-state index contributed by atoms with van der Waals surface area (Å²) in [6, 6.07) is 6.88. The van der Waals surface area contributed by atoms with Crippen molar-refractivity contribution in [2.24, 2.45) is 5.73 Å². The molecular formula is C14H22N2O4S. The average molecular weight is 314 g/mol. The summed E-state index contributed by atoms with van der Waals surface area (Å²) >= 11 is 0. The number of ether oxygens (including phenoxy) is 2. The van der Waals surface area contributed by atoms with Crippen LogP contribution < -0.4 is 10.5 Å². The molecule has 1 heterocycles. The lowest BCUT2D eigenvalue weighted by Gasteiger charge is -2.23. The first-order chi connectivity index (χ1) is 10.1. The quantitative estimate of drug-likeness (QED) is 0.754. The number of benzene rings is 1. The Balaban J connectivity index is 1.91. The van der Waals surface area contributed by atoms with Gasteiger partial charge in [-0.05, 0) is 37.1 Å². The fourth-order valence-corrected chi connectivity index (χ4v) is 3.15. The van der Waals surface area contributed by atoms with Gasteiger partial charge < -0.3 is 15.2 Å². The van der Waals surface area contributed by atoms with E-state index in [1.807, 2.05) is 12.1 Å². The van der Waals surface area contributed by atoms with Crippen LogP contribution in [0.3, 0.4) is 0 Å². The Labute approximate surface area is 125 Å². The Bertz CT molecular complexity index is 524. The smallest absolute Gasteiger partial charge is 0.240 e. The van der Waals surface area contributed by atoms with Crippen LogP contribution in [0, 0.1) is 0 Å². The molecule has 0 aliphatic carbocycles. The van der Waals surface area contributed by atoms with Crippen LogP contribution in [0.5, 0.6) is 0 Å². The van der Waals surface area contributed by atoms with Crippen molar-refractivity contribution >= 4 is 10.0 Å². The monoisotopic (exact) mass is 314 g/mol.